The van der Waals surface area contributed by atoms with Crippen LogP contribution in [0.3, 0.4) is 0 Å². The Morgan fingerprint density at radius 2 is 1.95 bits per heavy atom. The van der Waals surface area contributed by atoms with Crippen molar-refractivity contribution in [3.8, 4) is 11.5 Å². The number of aromatic hydroxyl groups is 2. The van der Waals surface area contributed by atoms with Crippen molar-refractivity contribution in [2.24, 2.45) is 0 Å². The largest absolute Gasteiger partial charge is 0.504 e. The molecular formula is C15H22BrNO2. The van der Waals surface area contributed by atoms with Gasteiger partial charge < -0.3 is 15.1 Å². The zero-order valence-electron chi connectivity index (χ0n) is 11.3. The summed E-state index contributed by atoms with van der Waals surface area (Å²) in [5, 5.41) is 19.3. The Bertz CT molecular complexity index is 464. The summed E-state index contributed by atoms with van der Waals surface area (Å²) in [6, 6.07) is 4.17. The van der Waals surface area contributed by atoms with E-state index in [2.05, 4.69) is 11.8 Å². The Morgan fingerprint density at radius 1 is 1.21 bits per heavy atom. The first kappa shape index (κ1) is 14.7. The van der Waals surface area contributed by atoms with Crippen molar-refractivity contribution in [2.75, 3.05) is 13.1 Å². The number of likely N-dealkylation sites (tertiary alicyclic amines) is 1. The number of benzene rings is 1. The SMILES string of the molecule is Br.CCN1CCC[C@@H]2c3cc(O)c(O)cc3CC[C@H]21. The third kappa shape index (κ3) is 2.48. The molecule has 0 amide bonds. The molecule has 0 saturated carbocycles. The fourth-order valence-corrected chi connectivity index (χ4v) is 3.77. The smallest absolute Gasteiger partial charge is 0.157 e. The summed E-state index contributed by atoms with van der Waals surface area (Å²) in [6.45, 7) is 4.55. The van der Waals surface area contributed by atoms with Crippen molar-refractivity contribution >= 4 is 17.0 Å². The van der Waals surface area contributed by atoms with Gasteiger partial charge in [0.25, 0.3) is 0 Å². The molecule has 3 rings (SSSR count). The molecule has 1 fully saturated rings. The summed E-state index contributed by atoms with van der Waals surface area (Å²) < 4.78 is 0. The predicted octanol–water partition coefficient (Wildman–Crippen LogP) is 3.19. The number of piperidine rings is 1. The quantitative estimate of drug-likeness (QED) is 0.778. The lowest BCUT2D eigenvalue weighted by Gasteiger charge is -2.44. The van der Waals surface area contributed by atoms with Crippen molar-refractivity contribution in [2.45, 2.75) is 44.6 Å². The summed E-state index contributed by atoms with van der Waals surface area (Å²) in [5.74, 6) is 0.590. The minimum Gasteiger partial charge on any atom is -0.504 e. The van der Waals surface area contributed by atoms with E-state index in [4.69, 9.17) is 0 Å². The zero-order valence-corrected chi connectivity index (χ0v) is 13.0. The molecule has 4 heteroatoms. The normalized spacial score (nSPS) is 26.2. The molecule has 0 radical (unpaired) electrons. The topological polar surface area (TPSA) is 43.7 Å². The second-order valence-electron chi connectivity index (χ2n) is 5.52. The highest BCUT2D eigenvalue weighted by molar-refractivity contribution is 8.93. The van der Waals surface area contributed by atoms with Crippen molar-refractivity contribution in [3.05, 3.63) is 23.3 Å². The molecule has 2 N–H and O–H groups in total. The maximum atomic E-state index is 9.73. The maximum absolute atomic E-state index is 9.73. The first-order valence-corrected chi connectivity index (χ1v) is 6.99. The summed E-state index contributed by atoms with van der Waals surface area (Å²) in [4.78, 5) is 2.57. The summed E-state index contributed by atoms with van der Waals surface area (Å²) in [5.41, 5.74) is 2.49. The number of nitrogens with zero attached hydrogens (tertiary/aromatic N) is 1. The molecule has 1 heterocycles. The lowest BCUT2D eigenvalue weighted by molar-refractivity contribution is 0.119. The highest BCUT2D eigenvalue weighted by Gasteiger charge is 2.36. The summed E-state index contributed by atoms with van der Waals surface area (Å²) >= 11 is 0. The van der Waals surface area contributed by atoms with Crippen LogP contribution in [0.1, 0.15) is 43.2 Å². The van der Waals surface area contributed by atoms with Crippen LogP contribution in [0.25, 0.3) is 0 Å². The second-order valence-corrected chi connectivity index (χ2v) is 5.52. The molecule has 3 nitrogen and oxygen atoms in total. The van der Waals surface area contributed by atoms with Gasteiger partial charge in [-0.3, -0.25) is 0 Å². The van der Waals surface area contributed by atoms with Gasteiger partial charge in [0.2, 0.25) is 0 Å². The Labute approximate surface area is 125 Å². The van der Waals surface area contributed by atoms with Crippen molar-refractivity contribution in [3.63, 3.8) is 0 Å². The number of halogens is 1. The van der Waals surface area contributed by atoms with E-state index < -0.39 is 0 Å². The minimum atomic E-state index is 0. The van der Waals surface area contributed by atoms with Crippen LogP contribution in [0, 0.1) is 0 Å². The number of phenolic OH excluding ortho intramolecular Hbond substituents is 2. The number of likely N-dealkylation sites (N-methyl/N-ethyl adjacent to an activating group) is 1. The van der Waals surface area contributed by atoms with Crippen molar-refractivity contribution in [1.29, 1.82) is 0 Å². The van der Waals surface area contributed by atoms with Crippen LogP contribution in [0.15, 0.2) is 12.1 Å². The van der Waals surface area contributed by atoms with Gasteiger partial charge in [-0.25, -0.2) is 0 Å². The zero-order chi connectivity index (χ0) is 12.7. The molecule has 0 unspecified atom stereocenters. The third-order valence-electron chi connectivity index (χ3n) is 4.65. The van der Waals surface area contributed by atoms with Crippen LogP contribution in [0.5, 0.6) is 11.5 Å². The van der Waals surface area contributed by atoms with Gasteiger partial charge in [-0.1, -0.05) is 6.92 Å². The van der Waals surface area contributed by atoms with E-state index in [0.717, 1.165) is 13.0 Å². The lowest BCUT2D eigenvalue weighted by Crippen LogP contribution is -2.46. The Kier molecular flexibility index (Phi) is 4.41. The van der Waals surface area contributed by atoms with E-state index >= 15 is 0 Å². The first-order valence-electron chi connectivity index (χ1n) is 6.99. The van der Waals surface area contributed by atoms with Gasteiger partial charge >= 0.3 is 0 Å². The molecule has 106 valence electrons. The monoisotopic (exact) mass is 327 g/mol. The maximum Gasteiger partial charge on any atom is 0.157 e. The van der Waals surface area contributed by atoms with E-state index in [1.165, 1.54) is 36.9 Å². The number of fused-ring (bicyclic) bond motifs is 3. The molecule has 19 heavy (non-hydrogen) atoms. The van der Waals surface area contributed by atoms with Gasteiger partial charge in [-0.2, -0.15) is 0 Å². The highest BCUT2D eigenvalue weighted by atomic mass is 79.9. The van der Waals surface area contributed by atoms with Gasteiger partial charge in [0.05, 0.1) is 0 Å². The molecule has 0 aromatic heterocycles. The molecule has 1 aromatic carbocycles. The molecular weight excluding hydrogens is 306 g/mol. The van der Waals surface area contributed by atoms with Crippen LogP contribution in [-0.2, 0) is 6.42 Å². The Morgan fingerprint density at radius 3 is 2.68 bits per heavy atom. The minimum absolute atomic E-state index is 0. The number of aryl methyl sites for hydroxylation is 1. The van der Waals surface area contributed by atoms with E-state index in [9.17, 15) is 10.2 Å². The van der Waals surface area contributed by atoms with E-state index in [1.807, 2.05) is 0 Å². The first-order chi connectivity index (χ1) is 8.70. The average Bonchev–Trinajstić information content (AvgIpc) is 2.39. The van der Waals surface area contributed by atoms with Gasteiger partial charge in [0.15, 0.2) is 11.5 Å². The molecule has 1 aromatic rings. The Hall–Kier alpha value is -0.740. The number of hydrogen-bond donors (Lipinski definition) is 2. The molecule has 1 aliphatic heterocycles. The number of rotatable bonds is 1. The van der Waals surface area contributed by atoms with Gasteiger partial charge in [-0.05, 0) is 68.0 Å². The third-order valence-corrected chi connectivity index (χ3v) is 4.65. The fraction of sp³-hybridized carbons (Fsp3) is 0.600. The Balaban J connectivity index is 0.00000133. The van der Waals surface area contributed by atoms with Crippen LogP contribution >= 0.6 is 17.0 Å². The number of phenols is 2. The highest BCUT2D eigenvalue weighted by Crippen LogP contribution is 2.43. The predicted molar refractivity (Wildman–Crippen MR) is 81.4 cm³/mol. The molecule has 0 bridgehead atoms. The van der Waals surface area contributed by atoms with E-state index in [-0.39, 0.29) is 28.5 Å². The van der Waals surface area contributed by atoms with Gasteiger partial charge in [-0.15, -0.1) is 17.0 Å². The molecule has 0 spiro atoms. The van der Waals surface area contributed by atoms with Crippen LogP contribution in [-0.4, -0.2) is 34.2 Å². The molecule has 2 atom stereocenters. The molecule has 1 aliphatic carbocycles. The average molecular weight is 328 g/mol. The van der Waals surface area contributed by atoms with E-state index in [0.29, 0.717) is 12.0 Å². The van der Waals surface area contributed by atoms with Crippen molar-refractivity contribution in [1.82, 2.24) is 4.90 Å². The van der Waals surface area contributed by atoms with Crippen molar-refractivity contribution < 1.29 is 10.2 Å². The standard InChI is InChI=1S/C15H21NO2.BrH/c1-2-16-7-3-4-11-12-9-15(18)14(17)8-10(12)5-6-13(11)16;/h8-9,11,13,17-18H,2-7H2,1H3;1H/t11-,13-;/m1./s1. The summed E-state index contributed by atoms with van der Waals surface area (Å²) in [6.07, 6.45) is 4.63. The fourth-order valence-electron chi connectivity index (χ4n) is 3.77. The molecule has 1 saturated heterocycles. The second kappa shape index (κ2) is 5.71. The van der Waals surface area contributed by atoms with Crippen LogP contribution in [0.2, 0.25) is 0 Å². The lowest BCUT2D eigenvalue weighted by atomic mass is 9.74. The van der Waals surface area contributed by atoms with Gasteiger partial charge in [0.1, 0.15) is 0 Å². The van der Waals surface area contributed by atoms with E-state index in [1.54, 1.807) is 12.1 Å². The van der Waals surface area contributed by atoms with Crippen LogP contribution < -0.4 is 0 Å². The van der Waals surface area contributed by atoms with Crippen LogP contribution in [0.4, 0.5) is 0 Å². The number of hydrogen-bond acceptors (Lipinski definition) is 3. The molecule has 2 aliphatic rings. The van der Waals surface area contributed by atoms with Gasteiger partial charge in [0, 0.05) is 6.04 Å². The summed E-state index contributed by atoms with van der Waals surface area (Å²) in [7, 11) is 0.